The van der Waals surface area contributed by atoms with E-state index in [-0.39, 0.29) is 30.4 Å². The first-order valence-corrected chi connectivity index (χ1v) is 10.00. The van der Waals surface area contributed by atoms with Crippen molar-refractivity contribution in [3.63, 3.8) is 0 Å². The van der Waals surface area contributed by atoms with Gasteiger partial charge in [0.2, 0.25) is 5.95 Å². The number of aromatic amines is 1. The number of amides is 1. The van der Waals surface area contributed by atoms with Crippen LogP contribution in [-0.4, -0.2) is 74.1 Å². The molecule has 0 aliphatic carbocycles. The first-order valence-electron chi connectivity index (χ1n) is 10.00. The van der Waals surface area contributed by atoms with Crippen molar-refractivity contribution in [3.05, 3.63) is 40.2 Å². The minimum absolute atomic E-state index is 0.0167. The molecule has 0 saturated heterocycles. The van der Waals surface area contributed by atoms with E-state index in [1.165, 1.54) is 0 Å². The van der Waals surface area contributed by atoms with E-state index in [1.54, 1.807) is 24.3 Å². The molecule has 2 aromatic rings. The molecule has 11 N–H and O–H groups in total. The van der Waals surface area contributed by atoms with Crippen molar-refractivity contribution in [2.24, 2.45) is 0 Å². The molecule has 1 aliphatic rings. The van der Waals surface area contributed by atoms with Gasteiger partial charge in [-0.3, -0.25) is 14.6 Å². The van der Waals surface area contributed by atoms with Crippen LogP contribution in [0.5, 0.6) is 0 Å². The second kappa shape index (κ2) is 10.3. The van der Waals surface area contributed by atoms with E-state index in [4.69, 9.17) is 15.9 Å². The van der Waals surface area contributed by atoms with E-state index in [9.17, 15) is 19.8 Å². The van der Waals surface area contributed by atoms with Crippen molar-refractivity contribution in [2.45, 2.75) is 37.5 Å². The lowest BCUT2D eigenvalue weighted by Gasteiger charge is -2.27. The molecule has 1 aromatic carbocycles. The highest BCUT2D eigenvalue weighted by Crippen LogP contribution is 2.20. The minimum atomic E-state index is -1.83. The number of aromatic nitrogens is 2. The second-order valence-electron chi connectivity index (χ2n) is 7.41. The molecule has 2 atom stereocenters. The summed E-state index contributed by atoms with van der Waals surface area (Å²) < 4.78 is 0. The van der Waals surface area contributed by atoms with Crippen LogP contribution >= 0.6 is 0 Å². The van der Waals surface area contributed by atoms with E-state index >= 15 is 0 Å². The molecular formula is C19H27N7O6. The van der Waals surface area contributed by atoms with E-state index in [0.29, 0.717) is 30.2 Å². The zero-order valence-electron chi connectivity index (χ0n) is 17.1. The number of hydrogen-bond acceptors (Lipinski definition) is 11. The lowest BCUT2D eigenvalue weighted by molar-refractivity contribution is -0.0817. The third-order valence-electron chi connectivity index (χ3n) is 4.91. The quantitative estimate of drug-likeness (QED) is 0.192. The summed E-state index contributed by atoms with van der Waals surface area (Å²) in [6, 6.07) is 5.37. The molecule has 0 radical (unpaired) electrons. The van der Waals surface area contributed by atoms with Gasteiger partial charge in [0.25, 0.3) is 11.5 Å². The first kappa shape index (κ1) is 23.3. The van der Waals surface area contributed by atoms with Crippen LogP contribution < -0.4 is 32.6 Å². The molecule has 1 aliphatic heterocycles. The zero-order valence-corrected chi connectivity index (χ0v) is 17.1. The molecule has 0 saturated carbocycles. The number of nitrogens with one attached hydrogen (secondary N) is 5. The first-order chi connectivity index (χ1) is 15.2. The SMILES string of the molecule is Nc1nc2c(c(=O)[nH]1)N[C@@H](CNc1ccc(C(=O)N[C@@H](CCC(O)O)C(O)O)cc1)CN2. The number of H-pyrrole nitrogens is 1. The maximum Gasteiger partial charge on any atom is 0.277 e. The number of aliphatic hydroxyl groups is 4. The van der Waals surface area contributed by atoms with E-state index in [1.807, 2.05) is 0 Å². The fraction of sp³-hybridized carbons (Fsp3) is 0.421. The Morgan fingerprint density at radius 2 is 1.91 bits per heavy atom. The van der Waals surface area contributed by atoms with Gasteiger partial charge in [0.1, 0.15) is 5.69 Å². The van der Waals surface area contributed by atoms with Gasteiger partial charge < -0.3 is 47.4 Å². The predicted molar refractivity (Wildman–Crippen MR) is 117 cm³/mol. The normalized spacial score (nSPS) is 16.1. The predicted octanol–water partition coefficient (Wildman–Crippen LogP) is -1.83. The highest BCUT2D eigenvalue weighted by molar-refractivity contribution is 5.94. The number of fused-ring (bicyclic) bond motifs is 1. The Bertz CT molecular complexity index is 979. The molecule has 0 bridgehead atoms. The Morgan fingerprint density at radius 3 is 2.56 bits per heavy atom. The van der Waals surface area contributed by atoms with Crippen molar-refractivity contribution < 1.29 is 25.2 Å². The molecule has 174 valence electrons. The van der Waals surface area contributed by atoms with Gasteiger partial charge in [0, 0.05) is 30.8 Å². The summed E-state index contributed by atoms with van der Waals surface area (Å²) in [7, 11) is 0. The highest BCUT2D eigenvalue weighted by atomic mass is 16.5. The van der Waals surface area contributed by atoms with Crippen molar-refractivity contribution in [1.82, 2.24) is 15.3 Å². The number of benzene rings is 1. The number of rotatable bonds is 9. The van der Waals surface area contributed by atoms with E-state index in [0.717, 1.165) is 5.69 Å². The Labute approximate surface area is 182 Å². The molecule has 1 aromatic heterocycles. The highest BCUT2D eigenvalue weighted by Gasteiger charge is 2.22. The van der Waals surface area contributed by atoms with Crippen molar-refractivity contribution >= 4 is 29.0 Å². The summed E-state index contributed by atoms with van der Waals surface area (Å²) in [5.74, 6) is -0.0879. The van der Waals surface area contributed by atoms with Crippen molar-refractivity contribution in [3.8, 4) is 0 Å². The number of anilines is 4. The van der Waals surface area contributed by atoms with E-state index in [2.05, 4.69) is 31.2 Å². The molecule has 0 spiro atoms. The third-order valence-corrected chi connectivity index (χ3v) is 4.91. The average molecular weight is 449 g/mol. The average Bonchev–Trinajstić information content (AvgIpc) is 2.75. The molecule has 2 heterocycles. The summed E-state index contributed by atoms with van der Waals surface area (Å²) in [6.45, 7) is 0.994. The maximum atomic E-state index is 12.3. The Hall–Kier alpha value is -3.39. The number of nitrogens with two attached hydrogens (primary N) is 1. The molecule has 32 heavy (non-hydrogen) atoms. The van der Waals surface area contributed by atoms with Crippen LogP contribution in [0.3, 0.4) is 0 Å². The second-order valence-corrected chi connectivity index (χ2v) is 7.41. The molecule has 13 heteroatoms. The number of aliphatic hydroxyl groups excluding tert-OH is 2. The number of hydrogen-bond donors (Lipinski definition) is 10. The Morgan fingerprint density at radius 1 is 1.19 bits per heavy atom. The molecule has 13 nitrogen and oxygen atoms in total. The molecular weight excluding hydrogens is 422 g/mol. The van der Waals surface area contributed by atoms with Gasteiger partial charge in [-0.25, -0.2) is 0 Å². The maximum absolute atomic E-state index is 12.3. The van der Waals surface area contributed by atoms with Crippen molar-refractivity contribution in [2.75, 3.05) is 34.8 Å². The lowest BCUT2D eigenvalue weighted by atomic mass is 10.1. The van der Waals surface area contributed by atoms with Crippen LogP contribution in [0, 0.1) is 0 Å². The summed E-state index contributed by atoms with van der Waals surface area (Å²) in [5, 5.41) is 48.4. The van der Waals surface area contributed by atoms with E-state index < -0.39 is 24.5 Å². The number of nitrogens with zero attached hydrogens (tertiary/aromatic N) is 1. The minimum Gasteiger partial charge on any atom is -0.383 e. The fourth-order valence-corrected chi connectivity index (χ4v) is 3.21. The van der Waals surface area contributed by atoms with Gasteiger partial charge in [-0.2, -0.15) is 4.98 Å². The van der Waals surface area contributed by atoms with Crippen molar-refractivity contribution in [1.29, 1.82) is 0 Å². The number of carbonyl (C=O) groups excluding carboxylic acids is 1. The molecule has 1 amide bonds. The Balaban J connectivity index is 1.53. The van der Waals surface area contributed by atoms with Crippen LogP contribution in [0.1, 0.15) is 23.2 Å². The zero-order chi connectivity index (χ0) is 23.3. The smallest absolute Gasteiger partial charge is 0.277 e. The molecule has 3 rings (SSSR count). The van der Waals surface area contributed by atoms with Gasteiger partial charge in [0.05, 0.1) is 12.1 Å². The standard InChI is InChI=1S/C19H27N7O6/c20-19-25-15-14(17(30)26-19)23-11(8-22-15)7-21-10-3-1-9(2-4-10)16(29)24-12(18(31)32)5-6-13(27)28/h1-4,11-13,18,21,23,27-28,31-32H,5-8H2,(H,24,29)(H4,20,22,25,26,30)/t11-,12-/m0/s1. The van der Waals surface area contributed by atoms with Crippen LogP contribution in [0.15, 0.2) is 29.1 Å². The lowest BCUT2D eigenvalue weighted by Crippen LogP contribution is -2.43. The van der Waals surface area contributed by atoms with Crippen LogP contribution in [0.2, 0.25) is 0 Å². The third kappa shape index (κ3) is 6.07. The summed E-state index contributed by atoms with van der Waals surface area (Å²) in [5.41, 5.74) is 6.53. The van der Waals surface area contributed by atoms with Gasteiger partial charge in [0.15, 0.2) is 18.4 Å². The van der Waals surface area contributed by atoms with Crippen LogP contribution in [-0.2, 0) is 0 Å². The topological polar surface area (TPSA) is 218 Å². The fourth-order valence-electron chi connectivity index (χ4n) is 3.21. The molecule has 0 fully saturated rings. The van der Waals surface area contributed by atoms with Crippen LogP contribution in [0.25, 0.3) is 0 Å². The van der Waals surface area contributed by atoms with Gasteiger partial charge >= 0.3 is 0 Å². The largest absolute Gasteiger partial charge is 0.383 e. The van der Waals surface area contributed by atoms with Gasteiger partial charge in [-0.1, -0.05) is 0 Å². The van der Waals surface area contributed by atoms with Gasteiger partial charge in [-0.15, -0.1) is 0 Å². The monoisotopic (exact) mass is 449 g/mol. The number of carbonyl (C=O) groups is 1. The summed E-state index contributed by atoms with van der Waals surface area (Å²) in [6.07, 6.45) is -3.57. The van der Waals surface area contributed by atoms with Gasteiger partial charge in [-0.05, 0) is 30.7 Å². The van der Waals surface area contributed by atoms with Crippen LogP contribution in [0.4, 0.5) is 23.1 Å². The summed E-state index contributed by atoms with van der Waals surface area (Å²) in [4.78, 5) is 30.8. The summed E-state index contributed by atoms with van der Waals surface area (Å²) >= 11 is 0. The Kier molecular flexibility index (Phi) is 7.48. The number of nitrogen functional groups attached to an aromatic ring is 1. The molecule has 0 unspecified atom stereocenters.